The number of nitrogens with zero attached hydrogens (tertiary/aromatic N) is 4. The van der Waals surface area contributed by atoms with Crippen LogP contribution in [0.1, 0.15) is 30.0 Å². The number of amides is 1. The number of halogens is 3. The lowest BCUT2D eigenvalue weighted by Crippen LogP contribution is -2.41. The molecular weight excluding hydrogens is 393 g/mol. The van der Waals surface area contributed by atoms with Crippen molar-refractivity contribution in [3.63, 3.8) is 0 Å². The molecule has 3 heterocycles. The van der Waals surface area contributed by atoms with E-state index in [2.05, 4.69) is 4.98 Å². The van der Waals surface area contributed by atoms with E-state index >= 15 is 0 Å². The summed E-state index contributed by atoms with van der Waals surface area (Å²) in [5, 5.41) is -0.644. The third kappa shape index (κ3) is 3.78. The maximum Gasteiger partial charge on any atom is 0.417 e. The number of rotatable bonds is 3. The van der Waals surface area contributed by atoms with Gasteiger partial charge in [-0.1, -0.05) is 0 Å². The largest absolute Gasteiger partial charge is 0.417 e. The van der Waals surface area contributed by atoms with Crippen LogP contribution < -0.4 is 11.2 Å². The smallest absolute Gasteiger partial charge is 0.375 e. The van der Waals surface area contributed by atoms with E-state index in [9.17, 15) is 27.6 Å². The Morgan fingerprint density at radius 2 is 1.97 bits per heavy atom. The second kappa shape index (κ2) is 7.62. The van der Waals surface area contributed by atoms with Gasteiger partial charge in [-0.05, 0) is 18.9 Å². The number of ether oxygens (including phenoxy) is 1. The van der Waals surface area contributed by atoms with Gasteiger partial charge in [0, 0.05) is 45.9 Å². The Balaban J connectivity index is 2.19. The summed E-state index contributed by atoms with van der Waals surface area (Å²) in [5.41, 5.74) is -3.16. The second-order valence-electron chi connectivity index (χ2n) is 7.11. The molecule has 11 heteroatoms. The van der Waals surface area contributed by atoms with Crippen LogP contribution >= 0.6 is 0 Å². The van der Waals surface area contributed by atoms with Gasteiger partial charge < -0.3 is 9.64 Å². The van der Waals surface area contributed by atoms with Gasteiger partial charge in [-0.3, -0.25) is 18.7 Å². The van der Waals surface area contributed by atoms with Gasteiger partial charge in [0.05, 0.1) is 10.9 Å². The topological polar surface area (TPSA) is 86.4 Å². The van der Waals surface area contributed by atoms with Gasteiger partial charge in [-0.25, -0.2) is 9.78 Å². The van der Waals surface area contributed by atoms with Crippen molar-refractivity contribution < 1.29 is 22.7 Å². The summed E-state index contributed by atoms with van der Waals surface area (Å²) in [7, 11) is 3.79. The molecule has 0 unspecified atom stereocenters. The molecule has 1 atom stereocenters. The Bertz CT molecular complexity index is 1070. The van der Waals surface area contributed by atoms with E-state index < -0.39 is 34.3 Å². The maximum absolute atomic E-state index is 13.8. The fourth-order valence-corrected chi connectivity index (χ4v) is 3.67. The molecule has 1 fully saturated rings. The molecule has 1 amide bonds. The Kier molecular flexibility index (Phi) is 5.52. The van der Waals surface area contributed by atoms with Gasteiger partial charge in [-0.2, -0.15) is 13.2 Å². The van der Waals surface area contributed by atoms with Gasteiger partial charge in [0.2, 0.25) is 5.91 Å². The molecule has 0 N–H and O–H groups in total. The first-order chi connectivity index (χ1) is 13.6. The summed E-state index contributed by atoms with van der Waals surface area (Å²) in [6, 6.07) is 0.864. The molecule has 2 aromatic rings. The molecule has 1 aliphatic rings. The van der Waals surface area contributed by atoms with Crippen LogP contribution in [0.25, 0.3) is 11.0 Å². The Hall–Kier alpha value is -2.69. The SMILES string of the molecule is COCC(=O)N1CCC[C@H](c2cc(C(F)(F)F)c3c(=O)n(C)c(=O)n(C)c3n2)C1. The van der Waals surface area contributed by atoms with Crippen molar-refractivity contribution in [3.05, 3.63) is 38.2 Å². The number of fused-ring (bicyclic) bond motifs is 1. The minimum atomic E-state index is -4.81. The van der Waals surface area contributed by atoms with E-state index in [4.69, 9.17) is 4.74 Å². The first kappa shape index (κ1) is 21.0. The number of aryl methyl sites for hydroxylation is 1. The van der Waals surface area contributed by atoms with E-state index in [1.54, 1.807) is 0 Å². The van der Waals surface area contributed by atoms with Crippen LogP contribution in [0.15, 0.2) is 15.7 Å². The van der Waals surface area contributed by atoms with Crippen molar-refractivity contribution in [2.45, 2.75) is 24.9 Å². The normalized spacial score (nSPS) is 17.7. The average Bonchev–Trinajstić information content (AvgIpc) is 2.69. The lowest BCUT2D eigenvalue weighted by molar-refractivity contribution is -0.137. The van der Waals surface area contributed by atoms with Crippen molar-refractivity contribution in [1.82, 2.24) is 19.0 Å². The van der Waals surface area contributed by atoms with Crippen molar-refractivity contribution in [3.8, 4) is 0 Å². The third-order valence-electron chi connectivity index (χ3n) is 5.20. The number of carbonyl (C=O) groups excluding carboxylic acids is 1. The van der Waals surface area contributed by atoms with Gasteiger partial charge >= 0.3 is 11.9 Å². The van der Waals surface area contributed by atoms with E-state index in [0.717, 1.165) is 17.7 Å². The van der Waals surface area contributed by atoms with Crippen molar-refractivity contribution >= 4 is 16.9 Å². The molecule has 8 nitrogen and oxygen atoms in total. The molecule has 1 aliphatic heterocycles. The number of hydrogen-bond acceptors (Lipinski definition) is 5. The predicted molar refractivity (Wildman–Crippen MR) is 97.7 cm³/mol. The fourth-order valence-electron chi connectivity index (χ4n) is 3.67. The number of aromatic nitrogens is 3. The monoisotopic (exact) mass is 414 g/mol. The van der Waals surface area contributed by atoms with E-state index in [0.29, 0.717) is 24.0 Å². The Labute approximate surface area is 163 Å². The molecule has 0 aromatic carbocycles. The quantitative estimate of drug-likeness (QED) is 0.748. The number of pyridine rings is 1. The minimum absolute atomic E-state index is 0.1000. The number of alkyl halides is 3. The zero-order valence-corrected chi connectivity index (χ0v) is 16.2. The maximum atomic E-state index is 13.8. The summed E-state index contributed by atoms with van der Waals surface area (Å²) in [6.45, 7) is 0.560. The molecule has 0 radical (unpaired) electrons. The van der Waals surface area contributed by atoms with Crippen LogP contribution in [-0.4, -0.2) is 51.7 Å². The molecule has 0 bridgehead atoms. The fraction of sp³-hybridized carbons (Fsp3) is 0.556. The van der Waals surface area contributed by atoms with Crippen LogP contribution in [0.5, 0.6) is 0 Å². The third-order valence-corrected chi connectivity index (χ3v) is 5.20. The highest BCUT2D eigenvalue weighted by Gasteiger charge is 2.37. The molecule has 2 aromatic heterocycles. The van der Waals surface area contributed by atoms with E-state index in [-0.39, 0.29) is 30.4 Å². The minimum Gasteiger partial charge on any atom is -0.375 e. The molecule has 1 saturated heterocycles. The van der Waals surface area contributed by atoms with Crippen LogP contribution in [0.2, 0.25) is 0 Å². The van der Waals surface area contributed by atoms with E-state index in [1.165, 1.54) is 19.1 Å². The van der Waals surface area contributed by atoms with Crippen LogP contribution in [0, 0.1) is 0 Å². The molecule has 0 saturated carbocycles. The number of likely N-dealkylation sites (tertiary alicyclic amines) is 1. The molecule has 29 heavy (non-hydrogen) atoms. The molecule has 158 valence electrons. The first-order valence-corrected chi connectivity index (χ1v) is 9.00. The van der Waals surface area contributed by atoms with Crippen molar-refractivity contribution in [1.29, 1.82) is 0 Å². The standard InChI is InChI=1S/C18H21F3N4O4/c1-23-15-14(16(27)24(2)17(23)28)11(18(19,20)21)7-12(22-15)10-5-4-6-25(8-10)13(26)9-29-3/h7,10H,4-6,8-9H2,1-3H3/t10-/m0/s1. The molecular formula is C18H21F3N4O4. The van der Waals surface area contributed by atoms with Gasteiger partial charge in [-0.15, -0.1) is 0 Å². The highest BCUT2D eigenvalue weighted by Crippen LogP contribution is 2.36. The van der Waals surface area contributed by atoms with Crippen molar-refractivity contribution in [2.24, 2.45) is 14.1 Å². The zero-order chi connectivity index (χ0) is 21.5. The molecule has 3 rings (SSSR count). The number of hydrogen-bond donors (Lipinski definition) is 0. The van der Waals surface area contributed by atoms with Crippen LogP contribution in [0.4, 0.5) is 13.2 Å². The predicted octanol–water partition coefficient (Wildman–Crippen LogP) is 1.00. The van der Waals surface area contributed by atoms with Crippen LogP contribution in [-0.2, 0) is 29.8 Å². The van der Waals surface area contributed by atoms with E-state index in [1.807, 2.05) is 0 Å². The zero-order valence-electron chi connectivity index (χ0n) is 16.2. The summed E-state index contributed by atoms with van der Waals surface area (Å²) in [5.74, 6) is -0.704. The molecule has 0 spiro atoms. The van der Waals surface area contributed by atoms with Gasteiger partial charge in [0.25, 0.3) is 5.56 Å². The first-order valence-electron chi connectivity index (χ1n) is 9.00. The number of methoxy groups -OCH3 is 1. The summed E-state index contributed by atoms with van der Waals surface area (Å²) in [6.07, 6.45) is -3.68. The summed E-state index contributed by atoms with van der Waals surface area (Å²) >= 11 is 0. The average molecular weight is 414 g/mol. The highest BCUT2D eigenvalue weighted by atomic mass is 19.4. The lowest BCUT2D eigenvalue weighted by Gasteiger charge is -2.32. The summed E-state index contributed by atoms with van der Waals surface area (Å²) in [4.78, 5) is 42.5. The number of piperidine rings is 1. The summed E-state index contributed by atoms with van der Waals surface area (Å²) < 4.78 is 47.7. The molecule has 0 aliphatic carbocycles. The van der Waals surface area contributed by atoms with Crippen LogP contribution in [0.3, 0.4) is 0 Å². The van der Waals surface area contributed by atoms with Gasteiger partial charge in [0.1, 0.15) is 12.3 Å². The Morgan fingerprint density at radius 3 is 2.59 bits per heavy atom. The second-order valence-corrected chi connectivity index (χ2v) is 7.11. The lowest BCUT2D eigenvalue weighted by atomic mass is 9.92. The highest BCUT2D eigenvalue weighted by molar-refractivity contribution is 5.79. The number of carbonyl (C=O) groups is 1. The van der Waals surface area contributed by atoms with Crippen molar-refractivity contribution in [2.75, 3.05) is 26.8 Å². The Morgan fingerprint density at radius 1 is 1.28 bits per heavy atom. The van der Waals surface area contributed by atoms with Gasteiger partial charge in [0.15, 0.2) is 0 Å².